The van der Waals surface area contributed by atoms with Crippen molar-refractivity contribution in [3.05, 3.63) is 34.2 Å². The third-order valence-corrected chi connectivity index (χ3v) is 4.04. The molecule has 0 radical (unpaired) electrons. The van der Waals surface area contributed by atoms with Crippen LogP contribution in [0.2, 0.25) is 0 Å². The van der Waals surface area contributed by atoms with Gasteiger partial charge in [0.15, 0.2) is 6.29 Å². The number of azide groups is 1. The lowest BCUT2D eigenvalue weighted by Crippen LogP contribution is -2.00. The Bertz CT molecular complexity index is 525. The first-order chi connectivity index (χ1) is 11.8. The van der Waals surface area contributed by atoms with Gasteiger partial charge >= 0.3 is 0 Å². The van der Waals surface area contributed by atoms with E-state index in [1.54, 1.807) is 18.2 Å². The highest BCUT2D eigenvalue weighted by atomic mass is 16.5. The van der Waals surface area contributed by atoms with Gasteiger partial charge in [0, 0.05) is 10.6 Å². The lowest BCUT2D eigenvalue weighted by atomic mass is 10.1. The molecule has 0 aromatic heterocycles. The standard InChI is InChI=1S/C19H29N3O2/c1-2-3-4-5-6-7-8-9-10-11-14-24-19-15-18(21-22-20)13-12-17(19)16-23/h12-13,15-16H,2-11,14H2,1H3. The number of ether oxygens (including phenoxy) is 1. The highest BCUT2D eigenvalue weighted by Crippen LogP contribution is 2.24. The second-order valence-corrected chi connectivity index (χ2v) is 6.06. The molecule has 1 aromatic carbocycles. The number of unbranched alkanes of at least 4 members (excludes halogenated alkanes) is 9. The van der Waals surface area contributed by atoms with Gasteiger partial charge in [-0.3, -0.25) is 4.79 Å². The fourth-order valence-corrected chi connectivity index (χ4v) is 2.63. The second kappa shape index (κ2) is 13.4. The van der Waals surface area contributed by atoms with Gasteiger partial charge in [0.1, 0.15) is 5.75 Å². The van der Waals surface area contributed by atoms with Crippen LogP contribution in [0, 0.1) is 0 Å². The minimum absolute atomic E-state index is 0.459. The SMILES string of the molecule is CCCCCCCCCCCCOc1cc(N=[N+]=[N-])ccc1C=O. The first-order valence-corrected chi connectivity index (χ1v) is 9.09. The van der Waals surface area contributed by atoms with Crippen molar-refractivity contribution in [3.63, 3.8) is 0 Å². The summed E-state index contributed by atoms with van der Waals surface area (Å²) in [4.78, 5) is 13.8. The summed E-state index contributed by atoms with van der Waals surface area (Å²) in [5.41, 5.74) is 9.41. The Kier molecular flexibility index (Phi) is 11.2. The van der Waals surface area contributed by atoms with E-state index in [-0.39, 0.29) is 0 Å². The third-order valence-electron chi connectivity index (χ3n) is 4.04. The maximum Gasteiger partial charge on any atom is 0.153 e. The molecular weight excluding hydrogens is 302 g/mol. The first-order valence-electron chi connectivity index (χ1n) is 9.09. The molecule has 0 fully saturated rings. The molecule has 24 heavy (non-hydrogen) atoms. The number of carbonyl (C=O) groups is 1. The van der Waals surface area contributed by atoms with E-state index in [0.717, 1.165) is 19.1 Å². The molecule has 132 valence electrons. The molecule has 0 saturated heterocycles. The fourth-order valence-electron chi connectivity index (χ4n) is 2.63. The lowest BCUT2D eigenvalue weighted by molar-refractivity contribution is 0.111. The summed E-state index contributed by atoms with van der Waals surface area (Å²) in [6.45, 7) is 2.82. The van der Waals surface area contributed by atoms with E-state index in [1.165, 1.54) is 51.4 Å². The van der Waals surface area contributed by atoms with Crippen molar-refractivity contribution in [2.24, 2.45) is 5.11 Å². The van der Waals surface area contributed by atoms with Gasteiger partial charge in [0.2, 0.25) is 0 Å². The molecule has 0 bridgehead atoms. The van der Waals surface area contributed by atoms with Crippen LogP contribution in [-0.2, 0) is 0 Å². The quantitative estimate of drug-likeness (QED) is 0.124. The van der Waals surface area contributed by atoms with Gasteiger partial charge in [-0.2, -0.15) is 0 Å². The van der Waals surface area contributed by atoms with Gasteiger partial charge in [-0.05, 0) is 24.1 Å². The van der Waals surface area contributed by atoms with Crippen LogP contribution in [0.5, 0.6) is 5.75 Å². The largest absolute Gasteiger partial charge is 0.493 e. The van der Waals surface area contributed by atoms with Gasteiger partial charge in [-0.25, -0.2) is 0 Å². The third kappa shape index (κ3) is 8.59. The van der Waals surface area contributed by atoms with Gasteiger partial charge < -0.3 is 4.74 Å². The maximum atomic E-state index is 11.0. The topological polar surface area (TPSA) is 75.1 Å². The van der Waals surface area contributed by atoms with Gasteiger partial charge in [-0.15, -0.1) is 0 Å². The van der Waals surface area contributed by atoms with Crippen LogP contribution in [0.15, 0.2) is 23.3 Å². The fraction of sp³-hybridized carbons (Fsp3) is 0.632. The average molecular weight is 331 g/mol. The van der Waals surface area contributed by atoms with Crippen molar-refractivity contribution in [2.45, 2.75) is 71.1 Å². The highest BCUT2D eigenvalue weighted by molar-refractivity contribution is 5.80. The van der Waals surface area contributed by atoms with E-state index in [1.807, 2.05) is 0 Å². The molecule has 0 aliphatic rings. The van der Waals surface area contributed by atoms with Crippen LogP contribution in [0.4, 0.5) is 5.69 Å². The normalized spacial score (nSPS) is 10.2. The van der Waals surface area contributed by atoms with Gasteiger partial charge in [0.05, 0.1) is 12.2 Å². The van der Waals surface area contributed by atoms with Gasteiger partial charge in [0.25, 0.3) is 0 Å². The summed E-state index contributed by atoms with van der Waals surface area (Å²) in [6.07, 6.45) is 13.5. The molecule has 0 unspecified atom stereocenters. The van der Waals surface area contributed by atoms with Crippen molar-refractivity contribution in [3.8, 4) is 5.75 Å². The number of hydrogen-bond donors (Lipinski definition) is 0. The molecule has 0 heterocycles. The Balaban J connectivity index is 2.15. The zero-order valence-corrected chi connectivity index (χ0v) is 14.7. The summed E-state index contributed by atoms with van der Waals surface area (Å²) < 4.78 is 5.67. The van der Waals surface area contributed by atoms with Crippen molar-refractivity contribution in [2.75, 3.05) is 6.61 Å². The second-order valence-electron chi connectivity index (χ2n) is 6.06. The van der Waals surface area contributed by atoms with Crippen molar-refractivity contribution in [1.29, 1.82) is 0 Å². The summed E-state index contributed by atoms with van der Waals surface area (Å²) in [5, 5.41) is 3.53. The van der Waals surface area contributed by atoms with E-state index >= 15 is 0 Å². The van der Waals surface area contributed by atoms with Crippen LogP contribution >= 0.6 is 0 Å². The van der Waals surface area contributed by atoms with Crippen LogP contribution < -0.4 is 4.74 Å². The van der Waals surface area contributed by atoms with Crippen molar-refractivity contribution >= 4 is 12.0 Å². The molecule has 1 aromatic rings. The lowest BCUT2D eigenvalue weighted by Gasteiger charge is -2.09. The maximum absolute atomic E-state index is 11.0. The molecule has 0 aliphatic heterocycles. The Morgan fingerprint density at radius 2 is 1.67 bits per heavy atom. The molecule has 5 heteroatoms. The molecule has 0 spiro atoms. The van der Waals surface area contributed by atoms with E-state index in [4.69, 9.17) is 10.3 Å². The average Bonchev–Trinajstić information content (AvgIpc) is 2.60. The monoisotopic (exact) mass is 331 g/mol. The van der Waals surface area contributed by atoms with E-state index in [0.29, 0.717) is 23.6 Å². The van der Waals surface area contributed by atoms with Crippen molar-refractivity contribution in [1.82, 2.24) is 0 Å². The minimum atomic E-state index is 0.459. The van der Waals surface area contributed by atoms with Crippen LogP contribution in [0.3, 0.4) is 0 Å². The summed E-state index contributed by atoms with van der Waals surface area (Å²) in [7, 11) is 0. The minimum Gasteiger partial charge on any atom is -0.493 e. The summed E-state index contributed by atoms with van der Waals surface area (Å²) in [6, 6.07) is 4.83. The Morgan fingerprint density at radius 1 is 1.04 bits per heavy atom. The van der Waals surface area contributed by atoms with E-state index < -0.39 is 0 Å². The zero-order chi connectivity index (χ0) is 17.5. The van der Waals surface area contributed by atoms with E-state index in [2.05, 4.69) is 16.9 Å². The molecule has 1 rings (SSSR count). The molecule has 0 N–H and O–H groups in total. The highest BCUT2D eigenvalue weighted by Gasteiger charge is 2.04. The molecule has 0 amide bonds. The van der Waals surface area contributed by atoms with Crippen LogP contribution in [-0.4, -0.2) is 12.9 Å². The molecule has 0 saturated carbocycles. The van der Waals surface area contributed by atoms with Crippen molar-refractivity contribution < 1.29 is 9.53 Å². The Hall–Kier alpha value is -2.00. The predicted octanol–water partition coefficient (Wildman–Crippen LogP) is 6.74. The number of nitrogens with zero attached hydrogens (tertiary/aromatic N) is 3. The smallest absolute Gasteiger partial charge is 0.153 e. The number of rotatable bonds is 14. The van der Waals surface area contributed by atoms with E-state index in [9.17, 15) is 4.79 Å². The first kappa shape index (κ1) is 20.0. The molecule has 0 aliphatic carbocycles. The predicted molar refractivity (Wildman–Crippen MR) is 98.0 cm³/mol. The molecule has 0 atom stereocenters. The number of benzene rings is 1. The van der Waals surface area contributed by atoms with Crippen LogP contribution in [0.25, 0.3) is 10.4 Å². The number of hydrogen-bond acceptors (Lipinski definition) is 3. The van der Waals surface area contributed by atoms with Crippen LogP contribution in [0.1, 0.15) is 81.5 Å². The Labute approximate surface area is 145 Å². The van der Waals surface area contributed by atoms with Gasteiger partial charge in [-0.1, -0.05) is 75.9 Å². The number of carbonyl (C=O) groups excluding carboxylic acids is 1. The molecular formula is C19H29N3O2. The zero-order valence-electron chi connectivity index (χ0n) is 14.7. The Morgan fingerprint density at radius 3 is 2.25 bits per heavy atom. The summed E-state index contributed by atoms with van der Waals surface area (Å²) >= 11 is 0. The molecule has 5 nitrogen and oxygen atoms in total. The number of aldehydes is 1. The summed E-state index contributed by atoms with van der Waals surface area (Å²) in [5.74, 6) is 0.492.